The molecule has 7 rings (SSSR count). The topological polar surface area (TPSA) is 81.4 Å². The molecule has 0 saturated heterocycles. The molecule has 0 saturated carbocycles. The average molecular weight is 650 g/mol. The number of aliphatic imine (C=N–C) groups is 1. The monoisotopic (exact) mass is 649 g/mol. The van der Waals surface area contributed by atoms with Crippen molar-refractivity contribution in [2.75, 3.05) is 5.32 Å². The van der Waals surface area contributed by atoms with Gasteiger partial charge in [-0.3, -0.25) is 14.4 Å². The Bertz CT molecular complexity index is 1930. The first-order valence-electron chi connectivity index (χ1n) is 15.2. The van der Waals surface area contributed by atoms with Gasteiger partial charge in [-0.1, -0.05) is 72.3 Å². The highest BCUT2D eigenvalue weighted by molar-refractivity contribution is 7.15. The average Bonchev–Trinajstić information content (AvgIpc) is 3.40. The maximum atomic E-state index is 12.7. The number of ether oxygens (including phenoxy) is 1. The molecule has 1 atom stereocenters. The molecule has 1 unspecified atom stereocenters. The Hall–Kier alpha value is -4.53. The Morgan fingerprint density at radius 1 is 0.913 bits per heavy atom. The van der Waals surface area contributed by atoms with E-state index in [-0.39, 0.29) is 12.4 Å². The van der Waals surface area contributed by atoms with Crippen LogP contribution in [0.5, 0.6) is 0 Å². The van der Waals surface area contributed by atoms with E-state index in [9.17, 15) is 4.79 Å². The molecule has 2 aliphatic heterocycles. The van der Waals surface area contributed by atoms with Gasteiger partial charge in [0.15, 0.2) is 5.82 Å². The van der Waals surface area contributed by atoms with Crippen LogP contribution in [0.4, 0.5) is 11.4 Å². The number of esters is 1. The van der Waals surface area contributed by atoms with Gasteiger partial charge in [-0.2, -0.15) is 0 Å². The molecule has 46 heavy (non-hydrogen) atoms. The van der Waals surface area contributed by atoms with Crippen molar-refractivity contribution in [1.29, 1.82) is 0 Å². The number of rotatable bonds is 3. The lowest BCUT2D eigenvalue weighted by Gasteiger charge is -2.21. The fraction of sp³-hybridized carbons (Fsp3) is 0.243. The van der Waals surface area contributed by atoms with E-state index in [0.717, 1.165) is 33.2 Å². The highest BCUT2D eigenvalue weighted by Gasteiger charge is 2.33. The molecule has 1 N–H and O–H groups in total. The third-order valence-electron chi connectivity index (χ3n) is 7.77. The van der Waals surface area contributed by atoms with Crippen molar-refractivity contribution in [1.82, 2.24) is 14.8 Å². The van der Waals surface area contributed by atoms with E-state index in [1.54, 1.807) is 11.3 Å². The Labute approximate surface area is 278 Å². The van der Waals surface area contributed by atoms with Crippen LogP contribution in [0.3, 0.4) is 0 Å². The Kier molecular flexibility index (Phi) is 8.68. The standard InChI is InChI=1S/C23H25ClN4O2S.C14H11N/c1-12-13(2)31-22-19(12)20(15-7-9-16(24)10-8-15)25-17(11-18(29)30-23(4,5)6)21-27-26-14(3)28(21)22;1-3-7-13-11(5-1)9-10-12-6-2-4-8-14(12)15-13/h7-10,17H,11H2,1-6H3;1-10,15H. The molecule has 234 valence electrons. The number of para-hydroxylation sites is 2. The predicted molar refractivity (Wildman–Crippen MR) is 189 cm³/mol. The van der Waals surface area contributed by atoms with Crippen LogP contribution in [-0.2, 0) is 9.53 Å². The number of aryl methyl sites for hydroxylation is 2. The molecular formula is C37H36ClN5O2S. The molecule has 0 radical (unpaired) electrons. The zero-order valence-electron chi connectivity index (χ0n) is 26.8. The van der Waals surface area contributed by atoms with Crippen LogP contribution in [0.2, 0.25) is 5.02 Å². The summed E-state index contributed by atoms with van der Waals surface area (Å²) < 4.78 is 7.61. The summed E-state index contributed by atoms with van der Waals surface area (Å²) in [6.45, 7) is 11.7. The number of fused-ring (bicyclic) bond motifs is 5. The van der Waals surface area contributed by atoms with Gasteiger partial charge in [0, 0.05) is 32.4 Å². The minimum absolute atomic E-state index is 0.0828. The number of thiophene rings is 1. The molecular weight excluding hydrogens is 614 g/mol. The SMILES string of the molecule is C1=Cc2ccccc2Nc2ccccc21.Cc1sc2c(c1C)C(c1ccc(Cl)cc1)=NC(CC(=O)OC(C)(C)C)c1nnc(C)n1-2. The number of hydrogen-bond donors (Lipinski definition) is 1. The van der Waals surface area contributed by atoms with Crippen LogP contribution in [0.1, 0.15) is 77.6 Å². The second-order valence-electron chi connectivity index (χ2n) is 12.3. The maximum Gasteiger partial charge on any atom is 0.308 e. The van der Waals surface area contributed by atoms with Gasteiger partial charge in [0.25, 0.3) is 0 Å². The number of nitrogens with zero attached hydrogens (tertiary/aromatic N) is 4. The van der Waals surface area contributed by atoms with Crippen LogP contribution >= 0.6 is 22.9 Å². The first kappa shape index (κ1) is 31.5. The summed E-state index contributed by atoms with van der Waals surface area (Å²) in [5.41, 5.74) is 8.19. The van der Waals surface area contributed by atoms with Crippen molar-refractivity contribution in [2.24, 2.45) is 4.99 Å². The van der Waals surface area contributed by atoms with Crippen LogP contribution in [0, 0.1) is 20.8 Å². The molecule has 9 heteroatoms. The second-order valence-corrected chi connectivity index (χ2v) is 14.0. The molecule has 2 aromatic heterocycles. The van der Waals surface area contributed by atoms with Crippen LogP contribution < -0.4 is 5.32 Å². The number of anilines is 2. The smallest absolute Gasteiger partial charge is 0.308 e. The minimum Gasteiger partial charge on any atom is -0.460 e. The first-order chi connectivity index (χ1) is 22.0. The highest BCUT2D eigenvalue weighted by Crippen LogP contribution is 2.40. The minimum atomic E-state index is -0.569. The fourth-order valence-electron chi connectivity index (χ4n) is 5.51. The molecule has 0 aliphatic carbocycles. The lowest BCUT2D eigenvalue weighted by atomic mass is 9.99. The van der Waals surface area contributed by atoms with E-state index in [0.29, 0.717) is 10.8 Å². The molecule has 7 nitrogen and oxygen atoms in total. The number of nitrogens with one attached hydrogen (secondary N) is 1. The third-order valence-corrected chi connectivity index (χ3v) is 9.21. The Morgan fingerprint density at radius 3 is 2.13 bits per heavy atom. The summed E-state index contributed by atoms with van der Waals surface area (Å²) in [6.07, 6.45) is 4.38. The van der Waals surface area contributed by atoms with Gasteiger partial charge in [-0.25, -0.2) is 0 Å². The lowest BCUT2D eigenvalue weighted by Crippen LogP contribution is -2.25. The summed E-state index contributed by atoms with van der Waals surface area (Å²) in [7, 11) is 0. The number of halogens is 1. The Morgan fingerprint density at radius 2 is 1.52 bits per heavy atom. The summed E-state index contributed by atoms with van der Waals surface area (Å²) in [5.74, 6) is 1.09. The van der Waals surface area contributed by atoms with Crippen molar-refractivity contribution >= 4 is 58.1 Å². The van der Waals surface area contributed by atoms with Crippen molar-refractivity contribution in [3.05, 3.63) is 122 Å². The van der Waals surface area contributed by atoms with Gasteiger partial charge >= 0.3 is 5.97 Å². The van der Waals surface area contributed by atoms with Gasteiger partial charge in [0.05, 0.1) is 12.1 Å². The summed E-state index contributed by atoms with van der Waals surface area (Å²) >= 11 is 7.82. The van der Waals surface area contributed by atoms with Gasteiger partial charge in [-0.15, -0.1) is 21.5 Å². The molecule has 0 bridgehead atoms. The second kappa shape index (κ2) is 12.7. The van der Waals surface area contributed by atoms with Crippen molar-refractivity contribution < 1.29 is 9.53 Å². The quantitative estimate of drug-likeness (QED) is 0.193. The van der Waals surface area contributed by atoms with E-state index < -0.39 is 11.6 Å². The molecule has 5 aromatic rings. The van der Waals surface area contributed by atoms with E-state index in [2.05, 4.69) is 77.9 Å². The first-order valence-corrected chi connectivity index (χ1v) is 16.4. The normalized spacial score (nSPS) is 14.6. The summed E-state index contributed by atoms with van der Waals surface area (Å²) in [5, 5.41) is 13.8. The molecule has 0 fully saturated rings. The molecule has 0 amide bonds. The Balaban J connectivity index is 0.000000205. The number of carbonyl (C=O) groups excluding carboxylic acids is 1. The number of benzene rings is 3. The number of carbonyl (C=O) groups is 1. The van der Waals surface area contributed by atoms with Gasteiger partial charge in [0.2, 0.25) is 0 Å². The van der Waals surface area contributed by atoms with Gasteiger partial charge < -0.3 is 10.1 Å². The lowest BCUT2D eigenvalue weighted by molar-refractivity contribution is -0.155. The predicted octanol–water partition coefficient (Wildman–Crippen LogP) is 9.45. The summed E-state index contributed by atoms with van der Waals surface area (Å²) in [6, 6.07) is 23.8. The molecule has 2 aliphatic rings. The third kappa shape index (κ3) is 6.55. The van der Waals surface area contributed by atoms with Crippen LogP contribution in [-0.4, -0.2) is 32.0 Å². The van der Waals surface area contributed by atoms with E-state index >= 15 is 0 Å². The van der Waals surface area contributed by atoms with Crippen molar-refractivity contribution in [3.8, 4) is 5.00 Å². The van der Waals surface area contributed by atoms with Crippen LogP contribution in [0.25, 0.3) is 17.2 Å². The molecule has 4 heterocycles. The number of aromatic nitrogens is 3. The van der Waals surface area contributed by atoms with Crippen LogP contribution in [0.15, 0.2) is 77.8 Å². The summed E-state index contributed by atoms with van der Waals surface area (Å²) in [4.78, 5) is 19.0. The zero-order chi connectivity index (χ0) is 32.6. The van der Waals surface area contributed by atoms with E-state index in [4.69, 9.17) is 21.3 Å². The van der Waals surface area contributed by atoms with E-state index in [1.807, 2.05) is 68.7 Å². The maximum absolute atomic E-state index is 12.7. The fourth-order valence-corrected chi connectivity index (χ4v) is 6.85. The van der Waals surface area contributed by atoms with Crippen molar-refractivity contribution in [2.45, 2.75) is 59.6 Å². The number of hydrogen-bond acceptors (Lipinski definition) is 7. The molecule has 0 spiro atoms. The van der Waals surface area contributed by atoms with E-state index in [1.165, 1.54) is 27.4 Å². The van der Waals surface area contributed by atoms with Gasteiger partial charge in [-0.05, 0) is 82.5 Å². The largest absolute Gasteiger partial charge is 0.460 e. The van der Waals surface area contributed by atoms with Crippen molar-refractivity contribution in [3.63, 3.8) is 0 Å². The van der Waals surface area contributed by atoms with Gasteiger partial charge in [0.1, 0.15) is 22.5 Å². The zero-order valence-corrected chi connectivity index (χ0v) is 28.3. The molecule has 3 aromatic carbocycles. The highest BCUT2D eigenvalue weighted by atomic mass is 35.5.